The van der Waals surface area contributed by atoms with E-state index in [1.54, 1.807) is 6.20 Å². The van der Waals surface area contributed by atoms with Gasteiger partial charge in [0.15, 0.2) is 0 Å². The monoisotopic (exact) mass is 168 g/mol. The molecule has 2 rings (SSSR count). The minimum Gasteiger partial charge on any atom is -0.301 e. The molecule has 11 heavy (non-hydrogen) atoms. The maximum atomic E-state index is 3.95. The average molecular weight is 168 g/mol. The molecule has 2 N–H and O–H groups in total. The van der Waals surface area contributed by atoms with Crippen molar-refractivity contribution in [3.63, 3.8) is 0 Å². The van der Waals surface area contributed by atoms with Gasteiger partial charge in [-0.05, 0) is 0 Å². The molecule has 0 spiro atoms. The number of fused-ring (bicyclic) bond motifs is 1. The standard InChI is InChI=1S/C4H4N6S/c11-9-4-5-1-2-3(6-4)8-10-7-2/h1,11H,(H2,5,6,7,8,9,10). The minimum absolute atomic E-state index is 0.412. The van der Waals surface area contributed by atoms with E-state index in [4.69, 9.17) is 0 Å². The molecule has 0 amide bonds. The second-order valence-corrected chi connectivity index (χ2v) is 2.06. The third kappa shape index (κ3) is 0.984. The van der Waals surface area contributed by atoms with Crippen LogP contribution in [-0.2, 0) is 0 Å². The van der Waals surface area contributed by atoms with Gasteiger partial charge < -0.3 is 4.72 Å². The summed E-state index contributed by atoms with van der Waals surface area (Å²) in [6.07, 6.45) is 1.56. The first-order valence-electron chi connectivity index (χ1n) is 2.84. The maximum absolute atomic E-state index is 3.95. The SMILES string of the molecule is SNc1ncc2n[nH]nc2n1. The molecular weight excluding hydrogens is 164 g/mol. The van der Waals surface area contributed by atoms with Gasteiger partial charge in [0.05, 0.1) is 6.20 Å². The summed E-state index contributed by atoms with van der Waals surface area (Å²) >= 11 is 3.78. The first kappa shape index (κ1) is 6.35. The van der Waals surface area contributed by atoms with Crippen molar-refractivity contribution < 1.29 is 0 Å². The van der Waals surface area contributed by atoms with Gasteiger partial charge in [-0.25, -0.2) is 4.98 Å². The van der Waals surface area contributed by atoms with E-state index in [-0.39, 0.29) is 0 Å². The average Bonchev–Trinajstić information content (AvgIpc) is 2.50. The number of aromatic nitrogens is 5. The van der Waals surface area contributed by atoms with Crippen LogP contribution in [0.5, 0.6) is 0 Å². The predicted octanol–water partition coefficient (Wildman–Crippen LogP) is 0.00460. The molecule has 0 saturated heterocycles. The summed E-state index contributed by atoms with van der Waals surface area (Å²) in [6.45, 7) is 0. The Bertz CT molecular complexity index is 369. The third-order valence-corrected chi connectivity index (χ3v) is 1.38. The van der Waals surface area contributed by atoms with Crippen molar-refractivity contribution in [2.45, 2.75) is 0 Å². The Morgan fingerprint density at radius 1 is 1.45 bits per heavy atom. The summed E-state index contributed by atoms with van der Waals surface area (Å²) in [6, 6.07) is 0. The molecule has 0 fully saturated rings. The molecule has 0 aromatic carbocycles. The van der Waals surface area contributed by atoms with Crippen LogP contribution in [0.2, 0.25) is 0 Å². The molecule has 0 aliphatic rings. The largest absolute Gasteiger partial charge is 0.301 e. The summed E-state index contributed by atoms with van der Waals surface area (Å²) in [5.41, 5.74) is 1.16. The van der Waals surface area contributed by atoms with Crippen LogP contribution in [0.25, 0.3) is 11.2 Å². The van der Waals surface area contributed by atoms with Crippen LogP contribution in [0.4, 0.5) is 5.95 Å². The molecule has 2 aromatic heterocycles. The van der Waals surface area contributed by atoms with Crippen LogP contribution >= 0.6 is 12.8 Å². The van der Waals surface area contributed by atoms with Crippen LogP contribution in [0.1, 0.15) is 0 Å². The zero-order valence-electron chi connectivity index (χ0n) is 5.31. The number of aromatic amines is 1. The van der Waals surface area contributed by atoms with Crippen LogP contribution in [0.15, 0.2) is 6.20 Å². The maximum Gasteiger partial charge on any atom is 0.234 e. The summed E-state index contributed by atoms with van der Waals surface area (Å²) in [5, 5.41) is 9.98. The molecule has 0 radical (unpaired) electrons. The highest BCUT2D eigenvalue weighted by atomic mass is 32.1. The molecule has 56 valence electrons. The Morgan fingerprint density at radius 2 is 2.36 bits per heavy atom. The van der Waals surface area contributed by atoms with Crippen LogP contribution in [0, 0.1) is 0 Å². The molecule has 7 heteroatoms. The molecule has 0 aliphatic heterocycles. The van der Waals surface area contributed by atoms with Crippen molar-refractivity contribution in [3.8, 4) is 0 Å². The number of hydrogen-bond acceptors (Lipinski definition) is 6. The summed E-state index contributed by atoms with van der Waals surface area (Å²) in [7, 11) is 0. The number of nitrogens with one attached hydrogen (secondary N) is 2. The zero-order valence-corrected chi connectivity index (χ0v) is 6.21. The lowest BCUT2D eigenvalue weighted by molar-refractivity contribution is 0.955. The topological polar surface area (TPSA) is 79.4 Å². The number of nitrogens with zero attached hydrogens (tertiary/aromatic N) is 4. The van der Waals surface area contributed by atoms with Gasteiger partial charge in [0.2, 0.25) is 11.6 Å². The van der Waals surface area contributed by atoms with Crippen molar-refractivity contribution in [1.82, 2.24) is 25.4 Å². The van der Waals surface area contributed by atoms with Crippen molar-refractivity contribution in [3.05, 3.63) is 6.20 Å². The normalized spacial score (nSPS) is 10.3. The van der Waals surface area contributed by atoms with Gasteiger partial charge in [-0.1, -0.05) is 12.8 Å². The van der Waals surface area contributed by atoms with Gasteiger partial charge in [-0.15, -0.1) is 5.10 Å². The fraction of sp³-hybridized carbons (Fsp3) is 0. The summed E-state index contributed by atoms with van der Waals surface area (Å²) in [4.78, 5) is 7.83. The molecule has 0 aliphatic carbocycles. The zero-order chi connectivity index (χ0) is 7.68. The van der Waals surface area contributed by atoms with Gasteiger partial charge in [-0.3, -0.25) is 0 Å². The van der Waals surface area contributed by atoms with Gasteiger partial charge in [0.1, 0.15) is 5.52 Å². The lowest BCUT2D eigenvalue weighted by Crippen LogP contribution is -1.90. The summed E-state index contributed by atoms with van der Waals surface area (Å²) in [5.74, 6) is 0.412. The highest BCUT2D eigenvalue weighted by Gasteiger charge is 1.99. The lowest BCUT2D eigenvalue weighted by atomic mass is 10.6. The van der Waals surface area contributed by atoms with E-state index in [1.165, 1.54) is 0 Å². The molecule has 0 saturated carbocycles. The molecule has 0 bridgehead atoms. The fourth-order valence-electron chi connectivity index (χ4n) is 0.708. The Kier molecular flexibility index (Phi) is 1.35. The fourth-order valence-corrected chi connectivity index (χ4v) is 0.815. The number of thiol groups is 1. The van der Waals surface area contributed by atoms with E-state index in [0.29, 0.717) is 17.1 Å². The van der Waals surface area contributed by atoms with Crippen LogP contribution < -0.4 is 4.72 Å². The van der Waals surface area contributed by atoms with Gasteiger partial charge >= 0.3 is 0 Å². The van der Waals surface area contributed by atoms with E-state index in [2.05, 4.69) is 42.9 Å². The van der Waals surface area contributed by atoms with E-state index < -0.39 is 0 Å². The second kappa shape index (κ2) is 2.35. The number of H-pyrrole nitrogens is 1. The Hall–Kier alpha value is -1.37. The Morgan fingerprint density at radius 3 is 3.18 bits per heavy atom. The number of rotatable bonds is 1. The molecular formula is C4H4N6S. The van der Waals surface area contributed by atoms with Crippen molar-refractivity contribution in [2.24, 2.45) is 0 Å². The second-order valence-electron chi connectivity index (χ2n) is 1.84. The lowest BCUT2D eigenvalue weighted by Gasteiger charge is -1.92. The predicted molar refractivity (Wildman–Crippen MR) is 42.1 cm³/mol. The molecule has 6 nitrogen and oxygen atoms in total. The Balaban J connectivity index is 2.67. The van der Waals surface area contributed by atoms with Crippen molar-refractivity contribution in [2.75, 3.05) is 4.72 Å². The van der Waals surface area contributed by atoms with Gasteiger partial charge in [0, 0.05) is 0 Å². The molecule has 0 unspecified atom stereocenters. The van der Waals surface area contributed by atoms with E-state index in [1.807, 2.05) is 0 Å². The van der Waals surface area contributed by atoms with Crippen molar-refractivity contribution in [1.29, 1.82) is 0 Å². The number of hydrogen-bond donors (Lipinski definition) is 3. The quantitative estimate of drug-likeness (QED) is 0.522. The first-order valence-corrected chi connectivity index (χ1v) is 3.28. The van der Waals surface area contributed by atoms with E-state index >= 15 is 0 Å². The molecule has 0 atom stereocenters. The first-order chi connectivity index (χ1) is 5.40. The van der Waals surface area contributed by atoms with Crippen LogP contribution in [-0.4, -0.2) is 25.4 Å². The molecule has 2 heterocycles. The smallest absolute Gasteiger partial charge is 0.234 e. The van der Waals surface area contributed by atoms with E-state index in [9.17, 15) is 0 Å². The number of anilines is 1. The van der Waals surface area contributed by atoms with Gasteiger partial charge in [0.25, 0.3) is 0 Å². The van der Waals surface area contributed by atoms with Crippen LogP contribution in [0.3, 0.4) is 0 Å². The molecule has 2 aromatic rings. The highest BCUT2D eigenvalue weighted by molar-refractivity contribution is 7.81. The minimum atomic E-state index is 0.412. The third-order valence-electron chi connectivity index (χ3n) is 1.18. The summed E-state index contributed by atoms with van der Waals surface area (Å²) < 4.78 is 2.50. The Labute approximate surface area is 67.0 Å². The van der Waals surface area contributed by atoms with Gasteiger partial charge in [-0.2, -0.15) is 15.3 Å². The van der Waals surface area contributed by atoms with E-state index in [0.717, 1.165) is 0 Å². The van der Waals surface area contributed by atoms with Crippen molar-refractivity contribution >= 4 is 29.9 Å². The highest BCUT2D eigenvalue weighted by Crippen LogP contribution is 2.05.